The number of aliphatic imine (C=N–C) groups is 1. The molecule has 1 fully saturated rings. The highest BCUT2D eigenvalue weighted by atomic mass is 16.5. The number of hydrogen-bond acceptors (Lipinski definition) is 5. The van der Waals surface area contributed by atoms with Gasteiger partial charge >= 0.3 is 0 Å². The zero-order valence-corrected chi connectivity index (χ0v) is 14.8. The minimum absolute atomic E-state index is 0.108. The molecule has 0 unspecified atom stereocenters. The standard InChI is InChI=1S/C20H23N3O3/c1-26-16-11-7-10-15(19(16)24)18(23-17-12-5-6-13-21-17)20(25)22-14-8-3-2-4-9-14/h5-7,10-14,24H,2-4,8-9H2,1H3,(H,22,25). The molecule has 0 aliphatic heterocycles. The highest BCUT2D eigenvalue weighted by molar-refractivity contribution is 6.46. The number of methoxy groups -OCH3 is 1. The van der Waals surface area contributed by atoms with E-state index in [0.717, 1.165) is 25.7 Å². The Morgan fingerprint density at radius 2 is 2.00 bits per heavy atom. The van der Waals surface area contributed by atoms with Gasteiger partial charge in [-0.2, -0.15) is 0 Å². The average molecular weight is 353 g/mol. The van der Waals surface area contributed by atoms with E-state index < -0.39 is 0 Å². The monoisotopic (exact) mass is 353 g/mol. The normalized spacial score (nSPS) is 15.5. The SMILES string of the molecule is COc1cccc(C(=Nc2ccccn2)C(=O)NC2CCCCC2)c1O. The van der Waals surface area contributed by atoms with Crippen molar-refractivity contribution < 1.29 is 14.6 Å². The van der Waals surface area contributed by atoms with Gasteiger partial charge in [0.25, 0.3) is 5.91 Å². The number of carbonyl (C=O) groups is 1. The Bertz CT molecular complexity index is 784. The number of carbonyl (C=O) groups excluding carboxylic acids is 1. The third-order valence-electron chi connectivity index (χ3n) is 4.51. The number of ether oxygens (including phenoxy) is 1. The number of aromatic nitrogens is 1. The summed E-state index contributed by atoms with van der Waals surface area (Å²) in [7, 11) is 1.47. The fourth-order valence-corrected chi connectivity index (χ4v) is 3.15. The Kier molecular flexibility index (Phi) is 5.84. The van der Waals surface area contributed by atoms with Crippen LogP contribution in [-0.2, 0) is 4.79 Å². The van der Waals surface area contributed by atoms with Crippen LogP contribution in [0, 0.1) is 0 Å². The van der Waals surface area contributed by atoms with Gasteiger partial charge in [0.15, 0.2) is 17.3 Å². The van der Waals surface area contributed by atoms with Crippen molar-refractivity contribution in [3.8, 4) is 11.5 Å². The summed E-state index contributed by atoms with van der Waals surface area (Å²) in [4.78, 5) is 21.5. The number of hydrogen-bond donors (Lipinski definition) is 2. The van der Waals surface area contributed by atoms with E-state index in [9.17, 15) is 9.90 Å². The molecule has 1 aliphatic rings. The molecule has 2 N–H and O–H groups in total. The van der Waals surface area contributed by atoms with Crippen LogP contribution < -0.4 is 10.1 Å². The molecular weight excluding hydrogens is 330 g/mol. The van der Waals surface area contributed by atoms with Gasteiger partial charge in [-0.1, -0.05) is 31.4 Å². The highest BCUT2D eigenvalue weighted by Gasteiger charge is 2.23. The lowest BCUT2D eigenvalue weighted by atomic mass is 9.95. The van der Waals surface area contributed by atoms with Crippen LogP contribution in [0.3, 0.4) is 0 Å². The quantitative estimate of drug-likeness (QED) is 0.807. The number of nitrogens with zero attached hydrogens (tertiary/aromatic N) is 2. The maximum Gasteiger partial charge on any atom is 0.270 e. The molecule has 2 aromatic rings. The number of pyridine rings is 1. The van der Waals surface area contributed by atoms with E-state index in [4.69, 9.17) is 4.74 Å². The molecule has 1 saturated carbocycles. The Morgan fingerprint density at radius 3 is 2.69 bits per heavy atom. The number of nitrogens with one attached hydrogen (secondary N) is 1. The molecule has 0 atom stereocenters. The van der Waals surface area contributed by atoms with Crippen LogP contribution in [0.4, 0.5) is 5.82 Å². The molecule has 136 valence electrons. The summed E-state index contributed by atoms with van der Waals surface area (Å²) < 4.78 is 5.16. The fraction of sp³-hybridized carbons (Fsp3) is 0.350. The zero-order chi connectivity index (χ0) is 18.4. The molecule has 0 radical (unpaired) electrons. The first kappa shape index (κ1) is 17.9. The third kappa shape index (κ3) is 4.20. The van der Waals surface area contributed by atoms with E-state index in [1.807, 2.05) is 0 Å². The van der Waals surface area contributed by atoms with Gasteiger partial charge in [0.1, 0.15) is 5.71 Å². The number of phenolic OH excluding ortho intramolecular Hbond substituents is 1. The Balaban J connectivity index is 1.97. The molecule has 1 aromatic carbocycles. The van der Waals surface area contributed by atoms with Crippen LogP contribution in [0.15, 0.2) is 47.6 Å². The summed E-state index contributed by atoms with van der Waals surface area (Å²) in [5, 5.41) is 13.5. The van der Waals surface area contributed by atoms with Crippen molar-refractivity contribution in [2.75, 3.05) is 7.11 Å². The minimum Gasteiger partial charge on any atom is -0.504 e. The van der Waals surface area contributed by atoms with Crippen molar-refractivity contribution in [1.82, 2.24) is 10.3 Å². The van der Waals surface area contributed by atoms with Crippen molar-refractivity contribution >= 4 is 17.4 Å². The van der Waals surface area contributed by atoms with Crippen LogP contribution in [-0.4, -0.2) is 34.9 Å². The number of benzene rings is 1. The minimum atomic E-state index is -0.314. The molecule has 3 rings (SSSR count). The van der Waals surface area contributed by atoms with E-state index in [0.29, 0.717) is 17.1 Å². The third-order valence-corrected chi connectivity index (χ3v) is 4.51. The largest absolute Gasteiger partial charge is 0.504 e. The molecule has 26 heavy (non-hydrogen) atoms. The molecule has 1 aliphatic carbocycles. The Morgan fingerprint density at radius 1 is 1.19 bits per heavy atom. The summed E-state index contributed by atoms with van der Waals surface area (Å²) in [6.07, 6.45) is 6.97. The van der Waals surface area contributed by atoms with Crippen LogP contribution in [0.2, 0.25) is 0 Å². The molecule has 6 heteroatoms. The summed E-state index contributed by atoms with van der Waals surface area (Å²) in [5.41, 5.74) is 0.453. The molecule has 6 nitrogen and oxygen atoms in total. The van der Waals surface area contributed by atoms with Crippen LogP contribution in [0.5, 0.6) is 11.5 Å². The molecule has 0 spiro atoms. The fourth-order valence-electron chi connectivity index (χ4n) is 3.15. The second-order valence-electron chi connectivity index (χ2n) is 6.31. The number of rotatable bonds is 5. The van der Waals surface area contributed by atoms with Crippen molar-refractivity contribution in [2.45, 2.75) is 38.1 Å². The first-order chi connectivity index (χ1) is 12.7. The number of aromatic hydroxyl groups is 1. The summed E-state index contributed by atoms with van der Waals surface area (Å²) in [6, 6.07) is 10.4. The average Bonchev–Trinajstić information content (AvgIpc) is 2.68. The lowest BCUT2D eigenvalue weighted by molar-refractivity contribution is -0.115. The van der Waals surface area contributed by atoms with Gasteiger partial charge in [0.2, 0.25) is 0 Å². The van der Waals surface area contributed by atoms with Gasteiger partial charge < -0.3 is 15.2 Å². The van der Waals surface area contributed by atoms with Crippen molar-refractivity contribution in [1.29, 1.82) is 0 Å². The van der Waals surface area contributed by atoms with E-state index in [1.165, 1.54) is 13.5 Å². The topological polar surface area (TPSA) is 83.8 Å². The second kappa shape index (κ2) is 8.47. The van der Waals surface area contributed by atoms with E-state index >= 15 is 0 Å². The molecule has 1 heterocycles. The highest BCUT2D eigenvalue weighted by Crippen LogP contribution is 2.30. The van der Waals surface area contributed by atoms with Crippen molar-refractivity contribution in [2.24, 2.45) is 4.99 Å². The van der Waals surface area contributed by atoms with Crippen molar-refractivity contribution in [3.05, 3.63) is 48.2 Å². The lowest BCUT2D eigenvalue weighted by Crippen LogP contribution is -2.40. The molecule has 0 bridgehead atoms. The van der Waals surface area contributed by atoms with Crippen LogP contribution >= 0.6 is 0 Å². The molecule has 1 amide bonds. The number of para-hydroxylation sites is 1. The molecule has 0 saturated heterocycles. The summed E-state index contributed by atoms with van der Waals surface area (Å²) in [5.74, 6) is 0.278. The van der Waals surface area contributed by atoms with Gasteiger partial charge in [-0.05, 0) is 37.1 Å². The van der Waals surface area contributed by atoms with Crippen LogP contribution in [0.1, 0.15) is 37.7 Å². The first-order valence-corrected chi connectivity index (χ1v) is 8.86. The van der Waals surface area contributed by atoms with Crippen LogP contribution in [0.25, 0.3) is 0 Å². The van der Waals surface area contributed by atoms with Gasteiger partial charge in [-0.15, -0.1) is 0 Å². The van der Waals surface area contributed by atoms with E-state index in [1.54, 1.807) is 42.6 Å². The molecule has 1 aromatic heterocycles. The van der Waals surface area contributed by atoms with Gasteiger partial charge in [0, 0.05) is 12.2 Å². The van der Waals surface area contributed by atoms with Gasteiger partial charge in [0.05, 0.1) is 12.7 Å². The Labute approximate surface area is 153 Å². The maximum absolute atomic E-state index is 12.9. The second-order valence-corrected chi connectivity index (χ2v) is 6.31. The van der Waals surface area contributed by atoms with E-state index in [2.05, 4.69) is 15.3 Å². The number of amides is 1. The number of phenols is 1. The smallest absolute Gasteiger partial charge is 0.270 e. The summed E-state index contributed by atoms with van der Waals surface area (Å²) in [6.45, 7) is 0. The lowest BCUT2D eigenvalue weighted by Gasteiger charge is -2.23. The van der Waals surface area contributed by atoms with E-state index in [-0.39, 0.29) is 23.4 Å². The van der Waals surface area contributed by atoms with Gasteiger partial charge in [-0.25, -0.2) is 9.98 Å². The first-order valence-electron chi connectivity index (χ1n) is 8.86. The van der Waals surface area contributed by atoms with Crippen molar-refractivity contribution in [3.63, 3.8) is 0 Å². The Hall–Kier alpha value is -2.89. The predicted octanol–water partition coefficient (Wildman–Crippen LogP) is 3.37. The molecular formula is C20H23N3O3. The summed E-state index contributed by atoms with van der Waals surface area (Å²) >= 11 is 0. The maximum atomic E-state index is 12.9. The van der Waals surface area contributed by atoms with Gasteiger partial charge in [-0.3, -0.25) is 4.79 Å². The zero-order valence-electron chi connectivity index (χ0n) is 14.8. The predicted molar refractivity (Wildman–Crippen MR) is 100 cm³/mol.